The maximum absolute atomic E-state index is 3.82. The van der Waals surface area contributed by atoms with Crippen molar-refractivity contribution in [2.75, 3.05) is 6.54 Å². The number of nitrogens with one attached hydrogen (secondary N) is 2. The Morgan fingerprint density at radius 3 is 2.75 bits per heavy atom. The summed E-state index contributed by atoms with van der Waals surface area (Å²) >= 11 is 0. The number of hydrogen-bond donors (Lipinski definition) is 2. The van der Waals surface area contributed by atoms with Gasteiger partial charge in [0.1, 0.15) is 0 Å². The Morgan fingerprint density at radius 1 is 1.25 bits per heavy atom. The van der Waals surface area contributed by atoms with Gasteiger partial charge in [0.2, 0.25) is 0 Å². The molecule has 2 rings (SSSR count). The van der Waals surface area contributed by atoms with Gasteiger partial charge in [-0.2, -0.15) is 0 Å². The second-order valence-electron chi connectivity index (χ2n) is 6.07. The SMILES string of the molecule is CC1CCC(NC(C)CC2CCCCN2)C1. The van der Waals surface area contributed by atoms with E-state index in [2.05, 4.69) is 24.5 Å². The number of piperidine rings is 1. The van der Waals surface area contributed by atoms with E-state index in [-0.39, 0.29) is 0 Å². The highest BCUT2D eigenvalue weighted by Crippen LogP contribution is 2.25. The molecule has 0 radical (unpaired) electrons. The molecule has 2 aliphatic rings. The lowest BCUT2D eigenvalue weighted by Crippen LogP contribution is -2.42. The normalized spacial score (nSPS) is 37.5. The molecule has 1 aliphatic carbocycles. The van der Waals surface area contributed by atoms with Crippen molar-refractivity contribution in [3.63, 3.8) is 0 Å². The largest absolute Gasteiger partial charge is 0.314 e. The first-order chi connectivity index (χ1) is 7.74. The van der Waals surface area contributed by atoms with E-state index in [9.17, 15) is 0 Å². The third kappa shape index (κ3) is 3.74. The van der Waals surface area contributed by atoms with Crippen molar-refractivity contribution < 1.29 is 0 Å². The van der Waals surface area contributed by atoms with Crippen molar-refractivity contribution in [3.8, 4) is 0 Å². The van der Waals surface area contributed by atoms with Crippen molar-refractivity contribution in [1.82, 2.24) is 10.6 Å². The lowest BCUT2D eigenvalue weighted by Gasteiger charge is -2.28. The molecule has 1 heterocycles. The summed E-state index contributed by atoms with van der Waals surface area (Å²) in [4.78, 5) is 0. The quantitative estimate of drug-likeness (QED) is 0.767. The van der Waals surface area contributed by atoms with Crippen LogP contribution in [0.2, 0.25) is 0 Å². The minimum absolute atomic E-state index is 0.686. The molecule has 0 amide bonds. The average Bonchev–Trinajstić information content (AvgIpc) is 2.65. The molecule has 0 spiro atoms. The molecule has 0 aromatic heterocycles. The van der Waals surface area contributed by atoms with E-state index >= 15 is 0 Å². The lowest BCUT2D eigenvalue weighted by molar-refractivity contribution is 0.328. The molecule has 2 fully saturated rings. The highest BCUT2D eigenvalue weighted by atomic mass is 15.0. The van der Waals surface area contributed by atoms with Crippen LogP contribution in [0.4, 0.5) is 0 Å². The monoisotopic (exact) mass is 224 g/mol. The average molecular weight is 224 g/mol. The highest BCUT2D eigenvalue weighted by Gasteiger charge is 2.23. The fraction of sp³-hybridized carbons (Fsp3) is 1.00. The van der Waals surface area contributed by atoms with E-state index in [1.165, 1.54) is 51.5 Å². The van der Waals surface area contributed by atoms with Crippen LogP contribution in [0.3, 0.4) is 0 Å². The molecule has 0 aromatic rings. The summed E-state index contributed by atoms with van der Waals surface area (Å²) in [5.41, 5.74) is 0. The molecule has 2 N–H and O–H groups in total. The zero-order valence-electron chi connectivity index (χ0n) is 11.0. The third-order valence-electron chi connectivity index (χ3n) is 4.27. The molecule has 1 aliphatic heterocycles. The van der Waals surface area contributed by atoms with E-state index in [0.29, 0.717) is 6.04 Å². The van der Waals surface area contributed by atoms with Gasteiger partial charge in [0.25, 0.3) is 0 Å². The van der Waals surface area contributed by atoms with Gasteiger partial charge in [0.05, 0.1) is 0 Å². The molecule has 0 aromatic carbocycles. The topological polar surface area (TPSA) is 24.1 Å². The Hall–Kier alpha value is -0.0800. The molecular formula is C14H28N2. The van der Waals surface area contributed by atoms with Crippen LogP contribution in [0.25, 0.3) is 0 Å². The zero-order valence-corrected chi connectivity index (χ0v) is 11.0. The summed E-state index contributed by atoms with van der Waals surface area (Å²) in [6, 6.07) is 2.26. The maximum Gasteiger partial charge on any atom is 0.00817 e. The first-order valence-electron chi connectivity index (χ1n) is 7.23. The number of hydrogen-bond acceptors (Lipinski definition) is 2. The standard InChI is InChI=1S/C14H28N2/c1-11-6-7-14(9-11)16-12(2)10-13-5-3-4-8-15-13/h11-16H,3-10H2,1-2H3. The predicted octanol–water partition coefficient (Wildman–Crippen LogP) is 2.69. The summed E-state index contributed by atoms with van der Waals surface area (Å²) in [5, 5.41) is 7.46. The van der Waals surface area contributed by atoms with Crippen LogP contribution in [0.15, 0.2) is 0 Å². The third-order valence-corrected chi connectivity index (χ3v) is 4.27. The number of rotatable bonds is 4. The highest BCUT2D eigenvalue weighted by molar-refractivity contribution is 4.83. The second-order valence-corrected chi connectivity index (χ2v) is 6.07. The lowest BCUT2D eigenvalue weighted by atomic mass is 9.98. The van der Waals surface area contributed by atoms with Crippen LogP contribution in [0.5, 0.6) is 0 Å². The van der Waals surface area contributed by atoms with Gasteiger partial charge in [-0.1, -0.05) is 13.3 Å². The smallest absolute Gasteiger partial charge is 0.00817 e. The second kappa shape index (κ2) is 6.02. The van der Waals surface area contributed by atoms with Crippen molar-refractivity contribution in [3.05, 3.63) is 0 Å². The first kappa shape index (κ1) is 12.4. The molecule has 0 bridgehead atoms. The van der Waals surface area contributed by atoms with E-state index in [1.54, 1.807) is 0 Å². The van der Waals surface area contributed by atoms with Crippen LogP contribution >= 0.6 is 0 Å². The summed E-state index contributed by atoms with van der Waals surface area (Å²) in [5.74, 6) is 0.942. The molecule has 16 heavy (non-hydrogen) atoms. The van der Waals surface area contributed by atoms with Gasteiger partial charge in [-0.25, -0.2) is 0 Å². The summed E-state index contributed by atoms with van der Waals surface area (Å²) in [6.45, 7) is 5.98. The van der Waals surface area contributed by atoms with Gasteiger partial charge < -0.3 is 10.6 Å². The van der Waals surface area contributed by atoms with Gasteiger partial charge in [-0.15, -0.1) is 0 Å². The molecule has 4 unspecified atom stereocenters. The van der Waals surface area contributed by atoms with E-state index in [0.717, 1.165) is 18.0 Å². The maximum atomic E-state index is 3.82. The Morgan fingerprint density at radius 2 is 2.12 bits per heavy atom. The Bertz CT molecular complexity index is 192. The fourth-order valence-electron chi connectivity index (χ4n) is 3.38. The van der Waals surface area contributed by atoms with Gasteiger partial charge in [0, 0.05) is 18.1 Å². The van der Waals surface area contributed by atoms with E-state index < -0.39 is 0 Å². The van der Waals surface area contributed by atoms with E-state index in [1.807, 2.05) is 0 Å². The van der Waals surface area contributed by atoms with Crippen LogP contribution in [0.1, 0.15) is 58.8 Å². The van der Waals surface area contributed by atoms with Crippen molar-refractivity contribution in [1.29, 1.82) is 0 Å². The molecule has 94 valence electrons. The van der Waals surface area contributed by atoms with Crippen LogP contribution in [-0.2, 0) is 0 Å². The van der Waals surface area contributed by atoms with Gasteiger partial charge >= 0.3 is 0 Å². The van der Waals surface area contributed by atoms with Gasteiger partial charge in [0.15, 0.2) is 0 Å². The Labute approximate surface area is 101 Å². The molecule has 1 saturated carbocycles. The van der Waals surface area contributed by atoms with Gasteiger partial charge in [-0.3, -0.25) is 0 Å². The van der Waals surface area contributed by atoms with Crippen molar-refractivity contribution >= 4 is 0 Å². The molecule has 2 nitrogen and oxygen atoms in total. The minimum atomic E-state index is 0.686. The first-order valence-corrected chi connectivity index (χ1v) is 7.23. The summed E-state index contributed by atoms with van der Waals surface area (Å²) in [6.07, 6.45) is 9.69. The Balaban J connectivity index is 1.65. The fourth-order valence-corrected chi connectivity index (χ4v) is 3.38. The molecular weight excluding hydrogens is 196 g/mol. The van der Waals surface area contributed by atoms with Crippen LogP contribution in [-0.4, -0.2) is 24.7 Å². The molecule has 4 atom stereocenters. The minimum Gasteiger partial charge on any atom is -0.314 e. The summed E-state index contributed by atoms with van der Waals surface area (Å²) < 4.78 is 0. The summed E-state index contributed by atoms with van der Waals surface area (Å²) in [7, 11) is 0. The van der Waals surface area contributed by atoms with Gasteiger partial charge in [-0.05, 0) is 57.9 Å². The van der Waals surface area contributed by atoms with Crippen LogP contribution < -0.4 is 10.6 Å². The van der Waals surface area contributed by atoms with Crippen LogP contribution in [0, 0.1) is 5.92 Å². The molecule has 1 saturated heterocycles. The predicted molar refractivity (Wildman–Crippen MR) is 69.7 cm³/mol. The van der Waals surface area contributed by atoms with E-state index in [4.69, 9.17) is 0 Å². The van der Waals surface area contributed by atoms with Crippen molar-refractivity contribution in [2.45, 2.75) is 76.9 Å². The zero-order chi connectivity index (χ0) is 11.4. The van der Waals surface area contributed by atoms with Crippen molar-refractivity contribution in [2.24, 2.45) is 5.92 Å². The Kier molecular flexibility index (Phi) is 4.66. The molecule has 2 heteroatoms.